The fraction of sp³-hybridized carbons (Fsp3) is 0.467. The molecule has 1 unspecified atom stereocenters. The Morgan fingerprint density at radius 2 is 2.05 bits per heavy atom. The van der Waals surface area contributed by atoms with Crippen LogP contribution in [0.5, 0.6) is 0 Å². The lowest BCUT2D eigenvalue weighted by molar-refractivity contribution is -0.138. The van der Waals surface area contributed by atoms with E-state index in [9.17, 15) is 18.4 Å². The average Bonchev–Trinajstić information content (AvgIpc) is 2.42. The molecular weight excluding hydrogens is 292 g/mol. The summed E-state index contributed by atoms with van der Waals surface area (Å²) in [5, 5.41) is 5.64. The van der Waals surface area contributed by atoms with E-state index in [0.717, 1.165) is 6.07 Å². The fourth-order valence-corrected chi connectivity index (χ4v) is 2.49. The first-order chi connectivity index (χ1) is 10.5. The molecule has 1 aromatic carbocycles. The van der Waals surface area contributed by atoms with Crippen LogP contribution < -0.4 is 10.6 Å². The SMILES string of the molecule is CCNC(=O)CC1NCCN(Cc2cc(F)cc(F)c2)C1=O. The molecule has 22 heavy (non-hydrogen) atoms. The molecule has 0 radical (unpaired) electrons. The van der Waals surface area contributed by atoms with Crippen LogP contribution in [0.25, 0.3) is 0 Å². The van der Waals surface area contributed by atoms with E-state index in [1.807, 2.05) is 0 Å². The second-order valence-electron chi connectivity index (χ2n) is 5.20. The van der Waals surface area contributed by atoms with Crippen molar-refractivity contribution in [3.8, 4) is 0 Å². The molecule has 1 aliphatic heterocycles. The standard InChI is InChI=1S/C15H19F2N3O2/c1-2-18-14(21)8-13-15(22)20(4-3-19-13)9-10-5-11(16)7-12(17)6-10/h5-7,13,19H,2-4,8-9H2,1H3,(H,18,21). The molecule has 1 saturated heterocycles. The zero-order valence-electron chi connectivity index (χ0n) is 12.4. The number of hydrogen-bond acceptors (Lipinski definition) is 3. The minimum absolute atomic E-state index is 0.0562. The monoisotopic (exact) mass is 311 g/mol. The highest BCUT2D eigenvalue weighted by Crippen LogP contribution is 2.13. The van der Waals surface area contributed by atoms with Gasteiger partial charge in [-0.2, -0.15) is 0 Å². The van der Waals surface area contributed by atoms with Crippen molar-refractivity contribution in [3.05, 3.63) is 35.4 Å². The topological polar surface area (TPSA) is 61.4 Å². The number of nitrogens with zero attached hydrogens (tertiary/aromatic N) is 1. The number of amides is 2. The summed E-state index contributed by atoms with van der Waals surface area (Å²) >= 11 is 0. The van der Waals surface area contributed by atoms with Gasteiger partial charge in [0.05, 0.1) is 12.5 Å². The molecule has 0 saturated carbocycles. The summed E-state index contributed by atoms with van der Waals surface area (Å²) in [6.45, 7) is 3.41. The Bertz CT molecular complexity index is 545. The number of rotatable bonds is 5. The van der Waals surface area contributed by atoms with Gasteiger partial charge in [-0.25, -0.2) is 8.78 Å². The van der Waals surface area contributed by atoms with E-state index in [1.165, 1.54) is 17.0 Å². The van der Waals surface area contributed by atoms with E-state index in [0.29, 0.717) is 25.2 Å². The Kier molecular flexibility index (Phi) is 5.43. The highest BCUT2D eigenvalue weighted by atomic mass is 19.1. The molecule has 2 rings (SSSR count). The first-order valence-electron chi connectivity index (χ1n) is 7.23. The van der Waals surface area contributed by atoms with Crippen LogP contribution in [0.1, 0.15) is 18.9 Å². The minimum Gasteiger partial charge on any atom is -0.356 e. The van der Waals surface area contributed by atoms with Gasteiger partial charge in [-0.15, -0.1) is 0 Å². The van der Waals surface area contributed by atoms with Gasteiger partial charge in [-0.3, -0.25) is 9.59 Å². The third kappa shape index (κ3) is 4.24. The van der Waals surface area contributed by atoms with Crippen LogP contribution in [-0.2, 0) is 16.1 Å². The lowest BCUT2D eigenvalue weighted by Gasteiger charge is -2.33. The van der Waals surface area contributed by atoms with Gasteiger partial charge in [0.1, 0.15) is 11.6 Å². The van der Waals surface area contributed by atoms with Crippen LogP contribution in [0, 0.1) is 11.6 Å². The summed E-state index contributed by atoms with van der Waals surface area (Å²) in [6, 6.07) is 2.61. The second-order valence-corrected chi connectivity index (χ2v) is 5.20. The van der Waals surface area contributed by atoms with Gasteiger partial charge in [0, 0.05) is 32.2 Å². The van der Waals surface area contributed by atoms with Crippen molar-refractivity contribution in [1.29, 1.82) is 0 Å². The number of hydrogen-bond donors (Lipinski definition) is 2. The van der Waals surface area contributed by atoms with Crippen molar-refractivity contribution in [1.82, 2.24) is 15.5 Å². The van der Waals surface area contributed by atoms with Crippen LogP contribution in [0.15, 0.2) is 18.2 Å². The molecule has 5 nitrogen and oxygen atoms in total. The fourth-order valence-electron chi connectivity index (χ4n) is 2.49. The van der Waals surface area contributed by atoms with Crippen LogP contribution in [0.2, 0.25) is 0 Å². The summed E-state index contributed by atoms with van der Waals surface area (Å²) < 4.78 is 26.4. The van der Waals surface area contributed by atoms with Crippen molar-refractivity contribution in [2.45, 2.75) is 25.9 Å². The van der Waals surface area contributed by atoms with Crippen LogP contribution >= 0.6 is 0 Å². The molecular formula is C15H19F2N3O2. The molecule has 0 spiro atoms. The number of carbonyl (C=O) groups is 2. The minimum atomic E-state index is -0.670. The van der Waals surface area contributed by atoms with Gasteiger partial charge in [-0.05, 0) is 24.6 Å². The summed E-state index contributed by atoms with van der Waals surface area (Å²) in [5.74, 6) is -1.78. The van der Waals surface area contributed by atoms with Crippen molar-refractivity contribution >= 4 is 11.8 Å². The van der Waals surface area contributed by atoms with Crippen molar-refractivity contribution in [2.75, 3.05) is 19.6 Å². The van der Waals surface area contributed by atoms with Crippen LogP contribution in [-0.4, -0.2) is 42.4 Å². The van der Waals surface area contributed by atoms with Crippen LogP contribution in [0.3, 0.4) is 0 Å². The Hall–Kier alpha value is -2.02. The number of carbonyl (C=O) groups excluding carboxylic acids is 2. The van der Waals surface area contributed by atoms with E-state index >= 15 is 0 Å². The molecule has 1 atom stereocenters. The number of halogens is 2. The third-order valence-corrected chi connectivity index (χ3v) is 3.44. The molecule has 1 fully saturated rings. The maximum absolute atomic E-state index is 13.2. The molecule has 2 N–H and O–H groups in total. The Labute approximate surface area is 127 Å². The summed E-state index contributed by atoms with van der Waals surface area (Å²) in [5.41, 5.74) is 0.393. The quantitative estimate of drug-likeness (QED) is 0.845. The second kappa shape index (κ2) is 7.31. The van der Waals surface area contributed by atoms with E-state index < -0.39 is 17.7 Å². The van der Waals surface area contributed by atoms with Crippen molar-refractivity contribution in [3.63, 3.8) is 0 Å². The lowest BCUT2D eigenvalue weighted by atomic mass is 10.1. The highest BCUT2D eigenvalue weighted by Gasteiger charge is 2.30. The largest absolute Gasteiger partial charge is 0.356 e. The van der Waals surface area contributed by atoms with Gasteiger partial charge in [0.15, 0.2) is 0 Å². The first-order valence-corrected chi connectivity index (χ1v) is 7.23. The lowest BCUT2D eigenvalue weighted by Crippen LogP contribution is -2.55. The average molecular weight is 311 g/mol. The predicted molar refractivity (Wildman–Crippen MR) is 76.9 cm³/mol. The zero-order chi connectivity index (χ0) is 16.1. The van der Waals surface area contributed by atoms with Gasteiger partial charge in [0.25, 0.3) is 0 Å². The normalized spacial score (nSPS) is 18.4. The summed E-state index contributed by atoms with van der Waals surface area (Å²) in [6.07, 6.45) is 0.0562. The molecule has 2 amide bonds. The summed E-state index contributed by atoms with van der Waals surface area (Å²) in [4.78, 5) is 25.4. The Balaban J connectivity index is 2.02. The zero-order valence-corrected chi connectivity index (χ0v) is 12.4. The van der Waals surface area contributed by atoms with E-state index in [4.69, 9.17) is 0 Å². The van der Waals surface area contributed by atoms with Crippen LogP contribution in [0.4, 0.5) is 8.78 Å². The van der Waals surface area contributed by atoms with Gasteiger partial charge >= 0.3 is 0 Å². The molecule has 0 aliphatic carbocycles. The van der Waals surface area contributed by atoms with Gasteiger partial charge < -0.3 is 15.5 Å². The molecule has 1 heterocycles. The molecule has 1 aromatic rings. The smallest absolute Gasteiger partial charge is 0.240 e. The number of benzene rings is 1. The maximum atomic E-state index is 13.2. The number of piperazine rings is 1. The Morgan fingerprint density at radius 3 is 2.68 bits per heavy atom. The van der Waals surface area contributed by atoms with Gasteiger partial charge in [-0.1, -0.05) is 0 Å². The maximum Gasteiger partial charge on any atom is 0.240 e. The highest BCUT2D eigenvalue weighted by molar-refractivity contribution is 5.88. The van der Waals surface area contributed by atoms with E-state index in [2.05, 4.69) is 10.6 Å². The van der Waals surface area contributed by atoms with E-state index in [-0.39, 0.29) is 24.8 Å². The van der Waals surface area contributed by atoms with Gasteiger partial charge in [0.2, 0.25) is 11.8 Å². The molecule has 1 aliphatic rings. The molecule has 120 valence electrons. The predicted octanol–water partition coefficient (Wildman–Crippen LogP) is 0.791. The van der Waals surface area contributed by atoms with Crippen molar-refractivity contribution in [2.24, 2.45) is 0 Å². The Morgan fingerprint density at radius 1 is 1.36 bits per heavy atom. The molecule has 7 heteroatoms. The van der Waals surface area contributed by atoms with Crippen molar-refractivity contribution < 1.29 is 18.4 Å². The first kappa shape index (κ1) is 16.4. The summed E-state index contributed by atoms with van der Waals surface area (Å²) in [7, 11) is 0. The van der Waals surface area contributed by atoms with E-state index in [1.54, 1.807) is 6.92 Å². The third-order valence-electron chi connectivity index (χ3n) is 3.44. The molecule has 0 aromatic heterocycles. The molecule has 0 bridgehead atoms. The number of nitrogens with one attached hydrogen (secondary N) is 2.